The van der Waals surface area contributed by atoms with Gasteiger partial charge in [0.1, 0.15) is 0 Å². The van der Waals surface area contributed by atoms with Gasteiger partial charge in [0.15, 0.2) is 5.82 Å². The summed E-state index contributed by atoms with van der Waals surface area (Å²) in [7, 11) is 0. The van der Waals surface area contributed by atoms with E-state index in [2.05, 4.69) is 20.8 Å². The van der Waals surface area contributed by atoms with Crippen molar-refractivity contribution in [3.05, 3.63) is 59.7 Å². The zero-order chi connectivity index (χ0) is 19.0. The number of hydrogen-bond acceptors (Lipinski definition) is 4. The third-order valence-electron chi connectivity index (χ3n) is 4.24. The van der Waals surface area contributed by atoms with Crippen LogP contribution in [0.4, 0.5) is 18.9 Å². The molecule has 138 valence electrons. The number of anilines is 1. The van der Waals surface area contributed by atoms with Gasteiger partial charge in [-0.15, -0.1) is 5.10 Å². The maximum atomic E-state index is 12.6. The summed E-state index contributed by atoms with van der Waals surface area (Å²) in [5, 5.41) is 14.4. The number of carbonyl (C=O) groups is 1. The van der Waals surface area contributed by atoms with E-state index in [1.54, 1.807) is 22.9 Å². The van der Waals surface area contributed by atoms with Crippen molar-refractivity contribution in [1.29, 1.82) is 0 Å². The van der Waals surface area contributed by atoms with Crippen molar-refractivity contribution < 1.29 is 18.0 Å². The number of nitrogens with zero attached hydrogens (tertiary/aromatic N) is 4. The summed E-state index contributed by atoms with van der Waals surface area (Å²) in [4.78, 5) is 12.3. The van der Waals surface area contributed by atoms with Gasteiger partial charge in [0.05, 0.1) is 11.6 Å². The normalized spacial score (nSPS) is 14.2. The molecule has 9 heteroatoms. The summed E-state index contributed by atoms with van der Waals surface area (Å²) >= 11 is 0. The van der Waals surface area contributed by atoms with Crippen LogP contribution in [-0.4, -0.2) is 26.1 Å². The zero-order valence-electron chi connectivity index (χ0n) is 13.9. The molecule has 2 aromatic carbocycles. The highest BCUT2D eigenvalue weighted by atomic mass is 19.4. The van der Waals surface area contributed by atoms with Gasteiger partial charge in [-0.2, -0.15) is 13.2 Å². The van der Waals surface area contributed by atoms with E-state index in [9.17, 15) is 18.0 Å². The number of tetrazole rings is 1. The fourth-order valence-corrected chi connectivity index (χ4v) is 2.70. The molecule has 1 aliphatic rings. The predicted octanol–water partition coefficient (Wildman–Crippen LogP) is 3.95. The first-order valence-corrected chi connectivity index (χ1v) is 8.29. The summed E-state index contributed by atoms with van der Waals surface area (Å²) in [6.07, 6.45) is -2.38. The van der Waals surface area contributed by atoms with Crippen molar-refractivity contribution in [2.75, 3.05) is 5.32 Å². The Hall–Kier alpha value is -3.23. The van der Waals surface area contributed by atoms with Crippen LogP contribution in [0.5, 0.6) is 0 Å². The highest BCUT2D eigenvalue weighted by Gasteiger charge is 2.30. The molecule has 1 saturated carbocycles. The lowest BCUT2D eigenvalue weighted by atomic mass is 10.1. The predicted molar refractivity (Wildman–Crippen MR) is 90.9 cm³/mol. The molecule has 0 unspecified atom stereocenters. The minimum Gasteiger partial charge on any atom is -0.322 e. The number of carbonyl (C=O) groups excluding carboxylic acids is 1. The second kappa shape index (κ2) is 6.49. The molecule has 6 nitrogen and oxygen atoms in total. The van der Waals surface area contributed by atoms with E-state index < -0.39 is 17.6 Å². The zero-order valence-corrected chi connectivity index (χ0v) is 13.9. The van der Waals surface area contributed by atoms with Gasteiger partial charge in [-0.1, -0.05) is 12.1 Å². The molecule has 1 fully saturated rings. The van der Waals surface area contributed by atoms with E-state index in [0.717, 1.165) is 42.7 Å². The van der Waals surface area contributed by atoms with Crippen LogP contribution in [0.2, 0.25) is 0 Å². The van der Waals surface area contributed by atoms with Gasteiger partial charge in [-0.25, -0.2) is 4.68 Å². The molecule has 1 N–H and O–H groups in total. The monoisotopic (exact) mass is 373 g/mol. The Kier molecular flexibility index (Phi) is 4.14. The Morgan fingerprint density at radius 2 is 1.85 bits per heavy atom. The largest absolute Gasteiger partial charge is 0.416 e. The van der Waals surface area contributed by atoms with Crippen molar-refractivity contribution in [3.63, 3.8) is 0 Å². The maximum absolute atomic E-state index is 12.6. The molecule has 0 bridgehead atoms. The molecule has 1 aliphatic carbocycles. The smallest absolute Gasteiger partial charge is 0.322 e. The van der Waals surface area contributed by atoms with Crippen molar-refractivity contribution in [3.8, 4) is 11.4 Å². The number of rotatable bonds is 4. The van der Waals surface area contributed by atoms with Crippen LogP contribution in [0.15, 0.2) is 48.5 Å². The number of hydrogen-bond donors (Lipinski definition) is 1. The summed E-state index contributed by atoms with van der Waals surface area (Å²) in [6, 6.07) is 11.4. The number of amides is 1. The molecule has 1 heterocycles. The first kappa shape index (κ1) is 17.2. The second-order valence-electron chi connectivity index (χ2n) is 6.29. The van der Waals surface area contributed by atoms with Gasteiger partial charge < -0.3 is 5.32 Å². The molecule has 1 amide bonds. The number of halogens is 3. The SMILES string of the molecule is O=C(Nc1cccc(-c2nnnn2C2CC2)c1)c1ccc(C(F)(F)F)cc1. The average molecular weight is 373 g/mol. The molecule has 1 aromatic heterocycles. The minimum atomic E-state index is -4.44. The van der Waals surface area contributed by atoms with Crippen LogP contribution in [0.25, 0.3) is 11.4 Å². The van der Waals surface area contributed by atoms with Gasteiger partial charge in [-0.05, 0) is 59.7 Å². The summed E-state index contributed by atoms with van der Waals surface area (Å²) in [5.74, 6) is 0.116. The van der Waals surface area contributed by atoms with Crippen LogP contribution in [0.1, 0.15) is 34.8 Å². The van der Waals surface area contributed by atoms with Gasteiger partial charge in [-0.3, -0.25) is 4.79 Å². The summed E-state index contributed by atoms with van der Waals surface area (Å²) in [5.41, 5.74) is 0.587. The van der Waals surface area contributed by atoms with Gasteiger partial charge in [0, 0.05) is 16.8 Å². The highest BCUT2D eigenvalue weighted by Crippen LogP contribution is 2.36. The van der Waals surface area contributed by atoms with E-state index in [0.29, 0.717) is 17.6 Å². The summed E-state index contributed by atoms with van der Waals surface area (Å²) < 4.78 is 39.6. The molecule has 0 spiro atoms. The van der Waals surface area contributed by atoms with Crippen molar-refractivity contribution in [2.45, 2.75) is 25.1 Å². The van der Waals surface area contributed by atoms with Crippen LogP contribution in [0, 0.1) is 0 Å². The van der Waals surface area contributed by atoms with E-state index in [4.69, 9.17) is 0 Å². The molecule has 4 rings (SSSR count). The van der Waals surface area contributed by atoms with Crippen LogP contribution in [-0.2, 0) is 6.18 Å². The Balaban J connectivity index is 1.53. The molecule has 0 atom stereocenters. The Labute approximate surface area is 152 Å². The van der Waals surface area contributed by atoms with Crippen LogP contribution < -0.4 is 5.32 Å². The molecule has 0 saturated heterocycles. The fourth-order valence-electron chi connectivity index (χ4n) is 2.70. The van der Waals surface area contributed by atoms with Crippen LogP contribution in [0.3, 0.4) is 0 Å². The first-order chi connectivity index (χ1) is 12.9. The summed E-state index contributed by atoms with van der Waals surface area (Å²) in [6.45, 7) is 0. The Morgan fingerprint density at radius 3 is 2.52 bits per heavy atom. The van der Waals surface area contributed by atoms with Crippen molar-refractivity contribution >= 4 is 11.6 Å². The Morgan fingerprint density at radius 1 is 1.11 bits per heavy atom. The van der Waals surface area contributed by atoms with E-state index in [1.807, 2.05) is 6.07 Å². The second-order valence-corrected chi connectivity index (χ2v) is 6.29. The van der Waals surface area contributed by atoms with Gasteiger partial charge >= 0.3 is 6.18 Å². The standard InChI is InChI=1S/C18H14F3N5O/c19-18(20,21)13-6-4-11(5-7-13)17(27)22-14-3-1-2-12(10-14)16-23-24-25-26(16)15-8-9-15/h1-7,10,15H,8-9H2,(H,22,27). The minimum absolute atomic E-state index is 0.135. The quantitative estimate of drug-likeness (QED) is 0.752. The topological polar surface area (TPSA) is 72.7 Å². The third kappa shape index (κ3) is 3.67. The lowest BCUT2D eigenvalue weighted by Crippen LogP contribution is -2.13. The molecular formula is C18H14F3N5O. The number of alkyl halides is 3. The molecule has 0 radical (unpaired) electrons. The fraction of sp³-hybridized carbons (Fsp3) is 0.222. The van der Waals surface area contributed by atoms with Crippen molar-refractivity contribution in [1.82, 2.24) is 20.2 Å². The number of benzene rings is 2. The number of nitrogens with one attached hydrogen (secondary N) is 1. The van der Waals surface area contributed by atoms with E-state index >= 15 is 0 Å². The molecule has 27 heavy (non-hydrogen) atoms. The molecule has 0 aliphatic heterocycles. The molecule has 3 aromatic rings. The first-order valence-electron chi connectivity index (χ1n) is 8.29. The Bertz CT molecular complexity index is 977. The maximum Gasteiger partial charge on any atom is 0.416 e. The van der Waals surface area contributed by atoms with E-state index in [-0.39, 0.29) is 5.56 Å². The van der Waals surface area contributed by atoms with Crippen molar-refractivity contribution in [2.24, 2.45) is 0 Å². The van der Waals surface area contributed by atoms with Crippen LogP contribution >= 0.6 is 0 Å². The number of aromatic nitrogens is 4. The third-order valence-corrected chi connectivity index (χ3v) is 4.24. The van der Waals surface area contributed by atoms with Gasteiger partial charge in [0.2, 0.25) is 0 Å². The van der Waals surface area contributed by atoms with E-state index in [1.165, 1.54) is 0 Å². The van der Waals surface area contributed by atoms with Gasteiger partial charge in [0.25, 0.3) is 5.91 Å². The lowest BCUT2D eigenvalue weighted by Gasteiger charge is -2.09. The average Bonchev–Trinajstić information content (AvgIpc) is 3.38. The molecular weight excluding hydrogens is 359 g/mol. The highest BCUT2D eigenvalue weighted by molar-refractivity contribution is 6.04. The lowest BCUT2D eigenvalue weighted by molar-refractivity contribution is -0.137.